The van der Waals surface area contributed by atoms with Crippen LogP contribution in [0.25, 0.3) is 10.2 Å². The predicted octanol–water partition coefficient (Wildman–Crippen LogP) is 1.09. The van der Waals surface area contributed by atoms with Gasteiger partial charge in [-0.25, -0.2) is 4.98 Å². The molecule has 18 heavy (non-hydrogen) atoms. The average molecular weight is 267 g/mol. The van der Waals surface area contributed by atoms with Crippen molar-refractivity contribution in [1.82, 2.24) is 15.3 Å². The standard InChI is InChI=1S/C12H17N3O2S/c1-7(2)9(6-16)13-5-10-14-8-3-4-18-11(8)12(17)15-10/h3-4,7,9,13,16H,5-6H2,1-2H3,(H,14,15,17)/t9-/m1/s1. The summed E-state index contributed by atoms with van der Waals surface area (Å²) < 4.78 is 0.654. The third-order valence-corrected chi connectivity index (χ3v) is 3.80. The van der Waals surface area contributed by atoms with E-state index in [1.165, 1.54) is 11.3 Å². The van der Waals surface area contributed by atoms with E-state index in [2.05, 4.69) is 15.3 Å². The summed E-state index contributed by atoms with van der Waals surface area (Å²) in [6.07, 6.45) is 0. The Bertz CT molecular complexity index is 576. The number of aromatic amines is 1. The van der Waals surface area contributed by atoms with Gasteiger partial charge in [-0.05, 0) is 17.4 Å². The van der Waals surface area contributed by atoms with Crippen LogP contribution in [0.3, 0.4) is 0 Å². The highest BCUT2D eigenvalue weighted by atomic mass is 32.1. The lowest BCUT2D eigenvalue weighted by atomic mass is 10.1. The normalized spacial score (nSPS) is 13.3. The number of aliphatic hydroxyl groups is 1. The molecule has 0 aliphatic heterocycles. The first-order valence-corrected chi connectivity index (χ1v) is 6.80. The monoisotopic (exact) mass is 267 g/mol. The van der Waals surface area contributed by atoms with E-state index in [1.807, 2.05) is 25.3 Å². The zero-order valence-corrected chi connectivity index (χ0v) is 11.3. The van der Waals surface area contributed by atoms with E-state index in [0.29, 0.717) is 23.0 Å². The van der Waals surface area contributed by atoms with Crippen LogP contribution in [0.5, 0.6) is 0 Å². The van der Waals surface area contributed by atoms with E-state index in [0.717, 1.165) is 5.52 Å². The molecule has 1 atom stereocenters. The van der Waals surface area contributed by atoms with Crippen LogP contribution in [0.4, 0.5) is 0 Å². The number of aliphatic hydroxyl groups excluding tert-OH is 1. The summed E-state index contributed by atoms with van der Waals surface area (Å²) in [4.78, 5) is 18.9. The van der Waals surface area contributed by atoms with Crippen molar-refractivity contribution >= 4 is 21.6 Å². The van der Waals surface area contributed by atoms with E-state index in [-0.39, 0.29) is 18.2 Å². The minimum atomic E-state index is -0.100. The van der Waals surface area contributed by atoms with Gasteiger partial charge in [-0.2, -0.15) is 0 Å². The van der Waals surface area contributed by atoms with Crippen LogP contribution in [0.2, 0.25) is 0 Å². The maximum Gasteiger partial charge on any atom is 0.268 e. The minimum absolute atomic E-state index is 0.00785. The van der Waals surface area contributed by atoms with E-state index < -0.39 is 0 Å². The second-order valence-corrected chi connectivity index (χ2v) is 5.48. The average Bonchev–Trinajstić information content (AvgIpc) is 2.78. The summed E-state index contributed by atoms with van der Waals surface area (Å²) in [6, 6.07) is 1.85. The summed E-state index contributed by atoms with van der Waals surface area (Å²) in [5.74, 6) is 0.927. The number of nitrogens with zero attached hydrogens (tertiary/aromatic N) is 1. The van der Waals surface area contributed by atoms with Crippen molar-refractivity contribution in [3.8, 4) is 0 Å². The Morgan fingerprint density at radius 1 is 1.56 bits per heavy atom. The smallest absolute Gasteiger partial charge is 0.268 e. The Balaban J connectivity index is 2.14. The van der Waals surface area contributed by atoms with Gasteiger partial charge >= 0.3 is 0 Å². The molecule has 0 saturated carbocycles. The summed E-state index contributed by atoms with van der Waals surface area (Å²) in [6.45, 7) is 4.59. The van der Waals surface area contributed by atoms with Gasteiger partial charge in [-0.3, -0.25) is 4.79 Å². The molecule has 0 aliphatic carbocycles. The lowest BCUT2D eigenvalue weighted by Crippen LogP contribution is -2.37. The Kier molecular flexibility index (Phi) is 4.11. The van der Waals surface area contributed by atoms with Gasteiger partial charge in [0.1, 0.15) is 10.5 Å². The maximum absolute atomic E-state index is 11.7. The van der Waals surface area contributed by atoms with Crippen LogP contribution in [0, 0.1) is 5.92 Å². The van der Waals surface area contributed by atoms with Crippen LogP contribution in [-0.2, 0) is 6.54 Å². The third kappa shape index (κ3) is 2.77. The highest BCUT2D eigenvalue weighted by molar-refractivity contribution is 7.17. The molecule has 6 heteroatoms. The molecular weight excluding hydrogens is 250 g/mol. The van der Waals surface area contributed by atoms with E-state index in [4.69, 9.17) is 0 Å². The van der Waals surface area contributed by atoms with Crippen LogP contribution >= 0.6 is 11.3 Å². The molecule has 2 heterocycles. The highest BCUT2D eigenvalue weighted by Gasteiger charge is 2.12. The molecule has 0 unspecified atom stereocenters. The molecule has 2 aromatic heterocycles. The van der Waals surface area contributed by atoms with Gasteiger partial charge < -0.3 is 15.4 Å². The molecule has 2 aromatic rings. The van der Waals surface area contributed by atoms with E-state index in [1.54, 1.807) is 0 Å². The van der Waals surface area contributed by atoms with Crippen LogP contribution in [0.15, 0.2) is 16.2 Å². The third-order valence-electron chi connectivity index (χ3n) is 2.90. The van der Waals surface area contributed by atoms with Gasteiger partial charge in [0, 0.05) is 6.04 Å². The molecule has 0 fully saturated rings. The van der Waals surface area contributed by atoms with Gasteiger partial charge in [-0.15, -0.1) is 11.3 Å². The van der Waals surface area contributed by atoms with Crippen molar-refractivity contribution in [2.24, 2.45) is 5.92 Å². The minimum Gasteiger partial charge on any atom is -0.395 e. The number of fused-ring (bicyclic) bond motifs is 1. The second-order valence-electron chi connectivity index (χ2n) is 4.56. The van der Waals surface area contributed by atoms with Crippen LogP contribution in [-0.4, -0.2) is 27.7 Å². The molecular formula is C12H17N3O2S. The van der Waals surface area contributed by atoms with E-state index >= 15 is 0 Å². The number of hydrogen-bond donors (Lipinski definition) is 3. The first-order valence-electron chi connectivity index (χ1n) is 5.92. The second kappa shape index (κ2) is 5.60. The molecule has 0 bridgehead atoms. The number of aromatic nitrogens is 2. The molecule has 3 N–H and O–H groups in total. The largest absolute Gasteiger partial charge is 0.395 e. The predicted molar refractivity (Wildman–Crippen MR) is 72.8 cm³/mol. The molecule has 98 valence electrons. The lowest BCUT2D eigenvalue weighted by Gasteiger charge is -2.19. The van der Waals surface area contributed by atoms with Gasteiger partial charge in [0.05, 0.1) is 18.7 Å². The number of hydrogen-bond acceptors (Lipinski definition) is 5. The molecule has 0 saturated heterocycles. The summed E-state index contributed by atoms with van der Waals surface area (Å²) >= 11 is 1.39. The zero-order valence-electron chi connectivity index (χ0n) is 10.4. The number of rotatable bonds is 5. The number of thiophene rings is 1. The first-order chi connectivity index (χ1) is 8.61. The zero-order chi connectivity index (χ0) is 13.1. The molecule has 0 aliphatic rings. The lowest BCUT2D eigenvalue weighted by molar-refractivity contribution is 0.209. The summed E-state index contributed by atoms with van der Waals surface area (Å²) in [7, 11) is 0. The van der Waals surface area contributed by atoms with Crippen molar-refractivity contribution in [2.75, 3.05) is 6.61 Å². The SMILES string of the molecule is CC(C)[C@@H](CO)NCc1nc2ccsc2c(=O)[nH]1. The van der Waals surface area contributed by atoms with Gasteiger partial charge in [0.2, 0.25) is 0 Å². The fourth-order valence-electron chi connectivity index (χ4n) is 1.74. The maximum atomic E-state index is 11.7. The van der Waals surface area contributed by atoms with Crippen molar-refractivity contribution in [3.05, 3.63) is 27.6 Å². The summed E-state index contributed by atoms with van der Waals surface area (Å²) in [5.41, 5.74) is 0.627. The van der Waals surface area contributed by atoms with Crippen molar-refractivity contribution in [2.45, 2.75) is 26.4 Å². The van der Waals surface area contributed by atoms with Crippen molar-refractivity contribution < 1.29 is 5.11 Å². The quantitative estimate of drug-likeness (QED) is 0.758. The Morgan fingerprint density at radius 2 is 2.33 bits per heavy atom. The molecule has 0 amide bonds. The number of nitrogens with one attached hydrogen (secondary N) is 2. The highest BCUT2D eigenvalue weighted by Crippen LogP contribution is 2.13. The van der Waals surface area contributed by atoms with Gasteiger partial charge in [-0.1, -0.05) is 13.8 Å². The fraction of sp³-hybridized carbons (Fsp3) is 0.500. The first kappa shape index (κ1) is 13.2. The van der Waals surface area contributed by atoms with E-state index in [9.17, 15) is 9.90 Å². The topological polar surface area (TPSA) is 78.0 Å². The number of H-pyrrole nitrogens is 1. The van der Waals surface area contributed by atoms with Crippen molar-refractivity contribution in [3.63, 3.8) is 0 Å². The fourth-order valence-corrected chi connectivity index (χ4v) is 2.47. The van der Waals surface area contributed by atoms with Gasteiger partial charge in [0.15, 0.2) is 0 Å². The molecule has 5 nitrogen and oxygen atoms in total. The Morgan fingerprint density at radius 3 is 3.00 bits per heavy atom. The van der Waals surface area contributed by atoms with Crippen molar-refractivity contribution in [1.29, 1.82) is 0 Å². The molecule has 0 radical (unpaired) electrons. The summed E-state index contributed by atoms with van der Waals surface area (Å²) in [5, 5.41) is 14.3. The van der Waals surface area contributed by atoms with Gasteiger partial charge in [0.25, 0.3) is 5.56 Å². The van der Waals surface area contributed by atoms with Crippen LogP contribution < -0.4 is 10.9 Å². The Labute approximate surface area is 109 Å². The molecule has 0 aromatic carbocycles. The Hall–Kier alpha value is -1.24. The molecule has 2 rings (SSSR count). The molecule has 0 spiro atoms. The van der Waals surface area contributed by atoms with Crippen LogP contribution in [0.1, 0.15) is 19.7 Å².